The van der Waals surface area contributed by atoms with Crippen LogP contribution in [0.15, 0.2) is 18.2 Å². The fraction of sp³-hybridized carbons (Fsp3) is 0.250. The first-order valence-corrected chi connectivity index (χ1v) is 6.62. The summed E-state index contributed by atoms with van der Waals surface area (Å²) in [4.78, 5) is 11.5. The Hall–Kier alpha value is -1.15. The van der Waals surface area contributed by atoms with Crippen molar-refractivity contribution < 1.29 is 9.90 Å². The van der Waals surface area contributed by atoms with E-state index in [0.29, 0.717) is 22.0 Å². The van der Waals surface area contributed by atoms with Crippen molar-refractivity contribution in [2.24, 2.45) is 0 Å². The number of thioether (sulfide) groups is 1. The van der Waals surface area contributed by atoms with Crippen LogP contribution in [0.5, 0.6) is 0 Å². The zero-order valence-electron chi connectivity index (χ0n) is 9.29. The average molecular weight is 270 g/mol. The summed E-state index contributed by atoms with van der Waals surface area (Å²) < 4.78 is 0. The summed E-state index contributed by atoms with van der Waals surface area (Å²) in [5, 5.41) is 11.9. The first kappa shape index (κ1) is 13.9. The highest BCUT2D eigenvalue weighted by molar-refractivity contribution is 7.99. The summed E-state index contributed by atoms with van der Waals surface area (Å²) in [5.41, 5.74) is 1.20. The molecule has 0 radical (unpaired) electrons. The van der Waals surface area contributed by atoms with Crippen LogP contribution in [0.3, 0.4) is 0 Å². The summed E-state index contributed by atoms with van der Waals surface area (Å²) in [7, 11) is 0. The minimum atomic E-state index is -0.231. The Morgan fingerprint density at radius 1 is 1.59 bits per heavy atom. The van der Waals surface area contributed by atoms with E-state index in [-0.39, 0.29) is 12.5 Å². The minimum absolute atomic E-state index is 0.0909. The van der Waals surface area contributed by atoms with Gasteiger partial charge < -0.3 is 10.4 Å². The van der Waals surface area contributed by atoms with E-state index < -0.39 is 0 Å². The first-order valence-electron chi connectivity index (χ1n) is 4.85. The van der Waals surface area contributed by atoms with Crippen molar-refractivity contribution in [1.29, 1.82) is 0 Å². The highest BCUT2D eigenvalue weighted by Gasteiger charge is 2.05. The maximum atomic E-state index is 11.5. The van der Waals surface area contributed by atoms with E-state index in [1.807, 2.05) is 6.26 Å². The third-order valence-corrected chi connectivity index (χ3v) is 2.62. The van der Waals surface area contributed by atoms with Crippen molar-refractivity contribution in [3.8, 4) is 11.8 Å². The molecule has 1 rings (SSSR count). The van der Waals surface area contributed by atoms with Crippen LogP contribution in [-0.2, 0) is 4.79 Å². The average Bonchev–Trinajstić information content (AvgIpc) is 2.30. The number of hydrogen-bond donors (Lipinski definition) is 2. The van der Waals surface area contributed by atoms with Crippen LogP contribution in [0.4, 0.5) is 5.69 Å². The van der Waals surface area contributed by atoms with Crippen molar-refractivity contribution in [2.75, 3.05) is 23.9 Å². The molecule has 3 nitrogen and oxygen atoms in total. The Labute approximate surface area is 110 Å². The van der Waals surface area contributed by atoms with Gasteiger partial charge in [0, 0.05) is 10.6 Å². The van der Waals surface area contributed by atoms with Gasteiger partial charge in [0.05, 0.1) is 11.4 Å². The molecular formula is C12H12ClNO2S. The van der Waals surface area contributed by atoms with Gasteiger partial charge in [-0.25, -0.2) is 0 Å². The Morgan fingerprint density at radius 2 is 2.35 bits per heavy atom. The summed E-state index contributed by atoms with van der Waals surface area (Å²) in [6.07, 6.45) is 1.86. The maximum absolute atomic E-state index is 11.5. The summed E-state index contributed by atoms with van der Waals surface area (Å²) in [6, 6.07) is 5.03. The molecule has 0 unspecified atom stereocenters. The van der Waals surface area contributed by atoms with Gasteiger partial charge in [0.15, 0.2) is 0 Å². The fourth-order valence-electron chi connectivity index (χ4n) is 1.18. The van der Waals surface area contributed by atoms with E-state index in [4.69, 9.17) is 16.7 Å². The molecule has 0 atom stereocenters. The molecule has 0 aliphatic heterocycles. The number of halogens is 1. The van der Waals surface area contributed by atoms with Crippen LogP contribution in [-0.4, -0.2) is 29.6 Å². The molecule has 2 N–H and O–H groups in total. The van der Waals surface area contributed by atoms with Crippen LogP contribution < -0.4 is 5.32 Å². The molecule has 0 aliphatic carbocycles. The van der Waals surface area contributed by atoms with Crippen LogP contribution >= 0.6 is 23.4 Å². The molecule has 90 valence electrons. The molecule has 1 aromatic carbocycles. The molecular weight excluding hydrogens is 258 g/mol. The van der Waals surface area contributed by atoms with E-state index >= 15 is 0 Å². The van der Waals surface area contributed by atoms with Crippen molar-refractivity contribution >= 4 is 35.0 Å². The third-order valence-electron chi connectivity index (χ3n) is 1.83. The van der Waals surface area contributed by atoms with Crippen LogP contribution in [0.1, 0.15) is 5.56 Å². The molecule has 5 heteroatoms. The predicted molar refractivity (Wildman–Crippen MR) is 72.4 cm³/mol. The number of amides is 1. The Balaban J connectivity index is 2.94. The second kappa shape index (κ2) is 7.23. The lowest BCUT2D eigenvalue weighted by molar-refractivity contribution is -0.113. The SMILES string of the molecule is CSCC(=O)Nc1ccc(Cl)cc1C#CCO. The molecule has 0 bridgehead atoms. The number of rotatable bonds is 3. The summed E-state index contributed by atoms with van der Waals surface area (Å²) >= 11 is 7.29. The smallest absolute Gasteiger partial charge is 0.234 e. The van der Waals surface area contributed by atoms with Gasteiger partial charge >= 0.3 is 0 Å². The van der Waals surface area contributed by atoms with E-state index in [0.717, 1.165) is 0 Å². The Morgan fingerprint density at radius 3 is 3.00 bits per heavy atom. The van der Waals surface area contributed by atoms with Crippen LogP contribution in [0, 0.1) is 11.8 Å². The summed E-state index contributed by atoms with van der Waals surface area (Å²) in [5.74, 6) is 5.57. The molecule has 0 spiro atoms. The topological polar surface area (TPSA) is 49.3 Å². The second-order valence-electron chi connectivity index (χ2n) is 3.13. The van der Waals surface area contributed by atoms with Crippen molar-refractivity contribution in [3.05, 3.63) is 28.8 Å². The number of nitrogens with one attached hydrogen (secondary N) is 1. The van der Waals surface area contributed by atoms with Gasteiger partial charge in [-0.2, -0.15) is 11.8 Å². The molecule has 0 aromatic heterocycles. The zero-order valence-corrected chi connectivity index (χ0v) is 10.9. The fourth-order valence-corrected chi connectivity index (χ4v) is 1.69. The Kier molecular flexibility index (Phi) is 5.92. The van der Waals surface area contributed by atoms with Crippen molar-refractivity contribution in [2.45, 2.75) is 0 Å². The van der Waals surface area contributed by atoms with Gasteiger partial charge in [-0.3, -0.25) is 4.79 Å². The molecule has 0 saturated heterocycles. The predicted octanol–water partition coefficient (Wildman–Crippen LogP) is 1.99. The molecule has 0 heterocycles. The molecule has 0 saturated carbocycles. The number of carbonyl (C=O) groups is 1. The van der Waals surface area contributed by atoms with E-state index in [9.17, 15) is 4.79 Å². The Bertz CT molecular complexity index is 465. The molecule has 0 fully saturated rings. The number of hydrogen-bond acceptors (Lipinski definition) is 3. The highest BCUT2D eigenvalue weighted by Crippen LogP contribution is 2.20. The maximum Gasteiger partial charge on any atom is 0.234 e. The highest BCUT2D eigenvalue weighted by atomic mass is 35.5. The lowest BCUT2D eigenvalue weighted by atomic mass is 10.2. The normalized spacial score (nSPS) is 9.35. The minimum Gasteiger partial charge on any atom is -0.384 e. The largest absolute Gasteiger partial charge is 0.384 e. The number of aliphatic hydroxyl groups is 1. The van der Waals surface area contributed by atoms with Crippen molar-refractivity contribution in [1.82, 2.24) is 0 Å². The van der Waals surface area contributed by atoms with E-state index in [1.54, 1.807) is 18.2 Å². The van der Waals surface area contributed by atoms with Crippen molar-refractivity contribution in [3.63, 3.8) is 0 Å². The quantitative estimate of drug-likeness (QED) is 0.825. The molecule has 17 heavy (non-hydrogen) atoms. The van der Waals surface area contributed by atoms with Gasteiger partial charge in [-0.1, -0.05) is 23.4 Å². The molecule has 1 aromatic rings. The van der Waals surface area contributed by atoms with Gasteiger partial charge in [-0.05, 0) is 24.5 Å². The van der Waals surface area contributed by atoms with Gasteiger partial charge in [0.1, 0.15) is 6.61 Å². The second-order valence-corrected chi connectivity index (χ2v) is 4.43. The van der Waals surface area contributed by atoms with Crippen LogP contribution in [0.25, 0.3) is 0 Å². The van der Waals surface area contributed by atoms with Gasteiger partial charge in [0.25, 0.3) is 0 Å². The van der Waals surface area contributed by atoms with Gasteiger partial charge in [-0.15, -0.1) is 0 Å². The van der Waals surface area contributed by atoms with Gasteiger partial charge in [0.2, 0.25) is 5.91 Å². The molecule has 0 aliphatic rings. The first-order chi connectivity index (χ1) is 8.17. The lowest BCUT2D eigenvalue weighted by Crippen LogP contribution is -2.14. The van der Waals surface area contributed by atoms with E-state index in [2.05, 4.69) is 17.2 Å². The number of carbonyl (C=O) groups excluding carboxylic acids is 1. The summed E-state index contributed by atoms with van der Waals surface area (Å²) in [6.45, 7) is -0.231. The van der Waals surface area contributed by atoms with Crippen LogP contribution in [0.2, 0.25) is 5.02 Å². The number of anilines is 1. The van der Waals surface area contributed by atoms with E-state index in [1.165, 1.54) is 11.8 Å². The molecule has 1 amide bonds. The lowest BCUT2D eigenvalue weighted by Gasteiger charge is -2.07. The monoisotopic (exact) mass is 269 g/mol. The standard InChI is InChI=1S/C12H12ClNO2S/c1-17-8-12(16)14-11-5-4-10(13)7-9(11)3-2-6-15/h4-5,7,15H,6,8H2,1H3,(H,14,16). The third kappa shape index (κ3) is 4.70. The number of benzene rings is 1. The number of aliphatic hydroxyl groups excluding tert-OH is 1. The zero-order chi connectivity index (χ0) is 12.7.